The zero-order chi connectivity index (χ0) is 27.9. The molecule has 2 aromatic heterocycles. The van der Waals surface area contributed by atoms with Crippen LogP contribution in [0.2, 0.25) is 0 Å². The molecule has 2 heterocycles. The monoisotopic (exact) mass is 538 g/mol. The lowest BCUT2D eigenvalue weighted by molar-refractivity contribution is 0.672. The third-order valence-electron chi connectivity index (χ3n) is 7.96. The van der Waals surface area contributed by atoms with Gasteiger partial charge in [-0.2, -0.15) is 0 Å². The van der Waals surface area contributed by atoms with Crippen molar-refractivity contribution >= 4 is 49.8 Å². The van der Waals surface area contributed by atoms with Crippen LogP contribution in [-0.2, 0) is 0 Å². The lowest BCUT2D eigenvalue weighted by Gasteiger charge is -2.25. The van der Waals surface area contributed by atoms with Crippen LogP contribution in [0, 0.1) is 0 Å². The Morgan fingerprint density at radius 3 is 1.57 bits per heavy atom. The van der Waals surface area contributed by atoms with E-state index in [1.807, 2.05) is 24.5 Å². The highest BCUT2D eigenvalue weighted by atomic mass is 16.3. The van der Waals surface area contributed by atoms with Crippen LogP contribution in [-0.4, -0.2) is 4.98 Å². The molecule has 0 aliphatic heterocycles. The summed E-state index contributed by atoms with van der Waals surface area (Å²) in [5, 5.41) is 4.32. The van der Waals surface area contributed by atoms with Crippen molar-refractivity contribution in [2.75, 3.05) is 4.90 Å². The molecule has 0 aliphatic carbocycles. The topological polar surface area (TPSA) is 29.3 Å². The van der Waals surface area contributed by atoms with Crippen LogP contribution >= 0.6 is 0 Å². The summed E-state index contributed by atoms with van der Waals surface area (Å²) in [6, 6.07) is 51.0. The molecule has 0 unspecified atom stereocenters. The van der Waals surface area contributed by atoms with Crippen molar-refractivity contribution in [3.05, 3.63) is 158 Å². The highest BCUT2D eigenvalue weighted by Gasteiger charge is 2.21. The average Bonchev–Trinajstić information content (AvgIpc) is 3.47. The van der Waals surface area contributed by atoms with Gasteiger partial charge >= 0.3 is 0 Å². The van der Waals surface area contributed by atoms with Gasteiger partial charge in [0.15, 0.2) is 5.58 Å². The van der Waals surface area contributed by atoms with Gasteiger partial charge in [0.05, 0.1) is 6.20 Å². The maximum atomic E-state index is 6.73. The lowest BCUT2D eigenvalue weighted by atomic mass is 10.0. The van der Waals surface area contributed by atoms with Gasteiger partial charge in [-0.15, -0.1) is 0 Å². The van der Waals surface area contributed by atoms with E-state index in [0.29, 0.717) is 0 Å². The van der Waals surface area contributed by atoms with Crippen LogP contribution in [0.4, 0.5) is 17.1 Å². The fourth-order valence-corrected chi connectivity index (χ4v) is 5.86. The smallest absolute Gasteiger partial charge is 0.162 e. The van der Waals surface area contributed by atoms with Gasteiger partial charge in [0.2, 0.25) is 0 Å². The minimum atomic E-state index is 0.815. The number of furan rings is 1. The summed E-state index contributed by atoms with van der Waals surface area (Å²) in [4.78, 5) is 6.96. The molecule has 0 spiro atoms. The molecule has 3 nitrogen and oxygen atoms in total. The molecule has 0 saturated carbocycles. The molecule has 0 atom stereocenters. The van der Waals surface area contributed by atoms with Gasteiger partial charge in [0.1, 0.15) is 11.3 Å². The van der Waals surface area contributed by atoms with Crippen LogP contribution in [0.5, 0.6) is 0 Å². The van der Waals surface area contributed by atoms with E-state index in [2.05, 4.69) is 138 Å². The Bertz CT molecular complexity index is 2080. The molecule has 0 fully saturated rings. The molecule has 0 amide bonds. The van der Waals surface area contributed by atoms with E-state index >= 15 is 0 Å². The Kier molecular flexibility index (Phi) is 5.79. The maximum absolute atomic E-state index is 6.73. The zero-order valence-electron chi connectivity index (χ0n) is 22.8. The maximum Gasteiger partial charge on any atom is 0.162 e. The number of aromatic nitrogens is 1. The first-order valence-electron chi connectivity index (χ1n) is 14.1. The molecular formula is C39H26N2O. The van der Waals surface area contributed by atoms with E-state index in [-0.39, 0.29) is 0 Å². The summed E-state index contributed by atoms with van der Waals surface area (Å²) >= 11 is 0. The van der Waals surface area contributed by atoms with Gasteiger partial charge in [-0.1, -0.05) is 115 Å². The summed E-state index contributed by atoms with van der Waals surface area (Å²) in [6.07, 6.45) is 3.82. The second-order valence-corrected chi connectivity index (χ2v) is 10.5. The number of hydrogen-bond donors (Lipinski definition) is 0. The van der Waals surface area contributed by atoms with Crippen LogP contribution in [0.15, 0.2) is 162 Å². The first kappa shape index (κ1) is 24.2. The Morgan fingerprint density at radius 1 is 0.405 bits per heavy atom. The van der Waals surface area contributed by atoms with E-state index < -0.39 is 0 Å². The normalized spacial score (nSPS) is 11.3. The molecular weight excluding hydrogens is 512 g/mol. The number of nitrogens with zero attached hydrogens (tertiary/aromatic N) is 2. The fourth-order valence-electron chi connectivity index (χ4n) is 5.86. The van der Waals surface area contributed by atoms with Crippen molar-refractivity contribution in [2.24, 2.45) is 0 Å². The molecule has 8 aromatic rings. The Hall–Kier alpha value is -5.67. The number of anilines is 3. The first-order valence-corrected chi connectivity index (χ1v) is 14.1. The predicted molar refractivity (Wildman–Crippen MR) is 175 cm³/mol. The molecule has 8 rings (SSSR count). The average molecular weight is 539 g/mol. The summed E-state index contributed by atoms with van der Waals surface area (Å²) in [5.74, 6) is 0. The lowest BCUT2D eigenvalue weighted by Crippen LogP contribution is -2.10. The zero-order valence-corrected chi connectivity index (χ0v) is 22.8. The van der Waals surface area contributed by atoms with Gasteiger partial charge in [-0.05, 0) is 58.0 Å². The summed E-state index contributed by atoms with van der Waals surface area (Å²) < 4.78 is 6.73. The van der Waals surface area contributed by atoms with E-state index in [1.165, 1.54) is 22.3 Å². The van der Waals surface area contributed by atoms with Gasteiger partial charge < -0.3 is 9.32 Å². The van der Waals surface area contributed by atoms with E-state index in [1.54, 1.807) is 0 Å². The predicted octanol–water partition coefficient (Wildman–Crippen LogP) is 10.9. The molecule has 6 aromatic carbocycles. The summed E-state index contributed by atoms with van der Waals surface area (Å²) in [7, 11) is 0. The molecule has 42 heavy (non-hydrogen) atoms. The SMILES string of the molecule is c1ccc(-c2ccc(N(c3ccc(-c4ccccc4)cc3)c3cncc4c3oc3c5ccccc5ccc43)cc2)cc1. The van der Waals surface area contributed by atoms with Gasteiger partial charge in [-0.3, -0.25) is 4.98 Å². The first-order chi connectivity index (χ1) is 20.8. The Balaban J connectivity index is 1.32. The van der Waals surface area contributed by atoms with Crippen molar-refractivity contribution in [1.82, 2.24) is 4.98 Å². The third-order valence-corrected chi connectivity index (χ3v) is 7.96. The van der Waals surface area contributed by atoms with Crippen LogP contribution in [0.25, 0.3) is 55.0 Å². The third kappa shape index (κ3) is 4.11. The molecule has 0 saturated heterocycles. The van der Waals surface area contributed by atoms with Crippen molar-refractivity contribution < 1.29 is 4.42 Å². The number of benzene rings is 6. The minimum Gasteiger partial charge on any atom is -0.453 e. The number of fused-ring (bicyclic) bond motifs is 5. The molecule has 0 bridgehead atoms. The summed E-state index contributed by atoms with van der Waals surface area (Å²) in [5.41, 5.74) is 9.38. The molecule has 198 valence electrons. The second kappa shape index (κ2) is 10.1. The van der Waals surface area contributed by atoms with Crippen LogP contribution in [0.3, 0.4) is 0 Å². The van der Waals surface area contributed by atoms with E-state index in [0.717, 1.165) is 49.8 Å². The number of hydrogen-bond acceptors (Lipinski definition) is 3. The number of rotatable bonds is 5. The number of pyridine rings is 1. The van der Waals surface area contributed by atoms with Gasteiger partial charge in [-0.25, -0.2) is 0 Å². The Labute approximate surface area is 243 Å². The van der Waals surface area contributed by atoms with Crippen molar-refractivity contribution in [2.45, 2.75) is 0 Å². The molecule has 0 aliphatic rings. The van der Waals surface area contributed by atoms with Crippen molar-refractivity contribution in [3.63, 3.8) is 0 Å². The largest absolute Gasteiger partial charge is 0.453 e. The quantitative estimate of drug-likeness (QED) is 0.218. The van der Waals surface area contributed by atoms with Crippen molar-refractivity contribution in [3.8, 4) is 22.3 Å². The molecule has 0 N–H and O–H groups in total. The Morgan fingerprint density at radius 2 is 0.952 bits per heavy atom. The second-order valence-electron chi connectivity index (χ2n) is 10.5. The highest BCUT2D eigenvalue weighted by molar-refractivity contribution is 6.17. The van der Waals surface area contributed by atoms with Crippen molar-refractivity contribution in [1.29, 1.82) is 0 Å². The summed E-state index contributed by atoms with van der Waals surface area (Å²) in [6.45, 7) is 0. The highest BCUT2D eigenvalue weighted by Crippen LogP contribution is 2.43. The standard InChI is InChI=1S/C39H26N2O/c1-3-9-27(10-4-1)29-15-20-32(21-16-29)41(33-22-17-30(18-23-33)28-11-5-2-6-12-28)37-26-40-25-36-35-24-19-31-13-7-8-14-34(31)38(35)42-39(36)37/h1-26H. The molecule has 0 radical (unpaired) electrons. The van der Waals surface area contributed by atoms with E-state index in [4.69, 9.17) is 9.40 Å². The van der Waals surface area contributed by atoms with Gasteiger partial charge in [0.25, 0.3) is 0 Å². The van der Waals surface area contributed by atoms with Gasteiger partial charge in [0, 0.05) is 33.7 Å². The van der Waals surface area contributed by atoms with E-state index in [9.17, 15) is 0 Å². The van der Waals surface area contributed by atoms with Crippen LogP contribution in [0.1, 0.15) is 0 Å². The fraction of sp³-hybridized carbons (Fsp3) is 0. The molecule has 3 heteroatoms. The minimum absolute atomic E-state index is 0.815. The van der Waals surface area contributed by atoms with Crippen LogP contribution < -0.4 is 4.90 Å².